The molecule has 4 aliphatic rings. The number of hydrogen-bond acceptors (Lipinski definition) is 11. The van der Waals surface area contributed by atoms with Crippen LogP contribution in [0.25, 0.3) is 0 Å². The van der Waals surface area contributed by atoms with Crippen molar-refractivity contribution in [3.8, 4) is 11.5 Å². The Bertz CT molecular complexity index is 1260. The zero-order chi connectivity index (χ0) is 27.6. The predicted octanol–water partition coefficient (Wildman–Crippen LogP) is -0.565. The summed E-state index contributed by atoms with van der Waals surface area (Å²) < 4.78 is 17.8. The Balaban J connectivity index is 1.60. The van der Waals surface area contributed by atoms with E-state index < -0.39 is 72.1 Å². The van der Waals surface area contributed by atoms with E-state index in [1.54, 1.807) is 6.07 Å². The highest BCUT2D eigenvalue weighted by atomic mass is 16.6. The molecule has 0 saturated carbocycles. The first kappa shape index (κ1) is 25.9. The second kappa shape index (κ2) is 8.96. The third kappa shape index (κ3) is 3.64. The molecule has 13 nitrogen and oxygen atoms in total. The molecule has 5 rings (SSSR count). The highest BCUT2D eigenvalue weighted by Crippen LogP contribution is 2.66. The minimum Gasteiger partial charge on any atom is -0.504 e. The molecule has 2 aliphatic heterocycles. The van der Waals surface area contributed by atoms with E-state index in [1.807, 2.05) is 11.9 Å². The number of piperidine rings is 1. The molecule has 6 atom stereocenters. The second-order valence-electron chi connectivity index (χ2n) is 10.1. The topological polar surface area (TPSA) is 200 Å². The highest BCUT2D eigenvalue weighted by Gasteiger charge is 2.74. The van der Waals surface area contributed by atoms with Gasteiger partial charge in [-0.3, -0.25) is 14.5 Å². The summed E-state index contributed by atoms with van der Waals surface area (Å²) in [4.78, 5) is 49.7. The van der Waals surface area contributed by atoms with Gasteiger partial charge < -0.3 is 39.7 Å². The number of nitrogens with zero attached hydrogens (tertiary/aromatic N) is 1. The van der Waals surface area contributed by atoms with Crippen LogP contribution < -0.4 is 4.74 Å². The van der Waals surface area contributed by atoms with E-state index in [9.17, 15) is 34.5 Å². The van der Waals surface area contributed by atoms with Crippen molar-refractivity contribution >= 4 is 23.9 Å². The summed E-state index contributed by atoms with van der Waals surface area (Å²) in [5.41, 5.74) is -1.04. The van der Waals surface area contributed by atoms with Gasteiger partial charge >= 0.3 is 23.9 Å². The Morgan fingerprint density at radius 1 is 1.11 bits per heavy atom. The van der Waals surface area contributed by atoms with Gasteiger partial charge in [0, 0.05) is 12.0 Å². The standard InChI is InChI=1S/C25H27NO12/c1-26-7-6-24-19-11-2-3-12(27)20(19)37-21(24)15(36-17(30)9-13(28)22(32)33)4-5-25(24,16(26)8-11)38-18(31)10-14(29)23(34)35/h2-4,13-14,16,21,27-29H,5-10H2,1H3,(H,32,33)(H,34,35)/t13-,14-,16+,21?,24?,25+/m0/s1. The molecule has 0 amide bonds. The first-order valence-electron chi connectivity index (χ1n) is 12.1. The number of carboxylic acids is 2. The Hall–Kier alpha value is -3.68. The predicted molar refractivity (Wildman–Crippen MR) is 123 cm³/mol. The first-order chi connectivity index (χ1) is 17.9. The van der Waals surface area contributed by atoms with Gasteiger partial charge in [0.05, 0.1) is 24.3 Å². The van der Waals surface area contributed by atoms with E-state index in [-0.39, 0.29) is 23.7 Å². The van der Waals surface area contributed by atoms with Crippen LogP contribution >= 0.6 is 0 Å². The minimum atomic E-state index is -1.97. The highest BCUT2D eigenvalue weighted by molar-refractivity contribution is 5.82. The fourth-order valence-corrected chi connectivity index (χ4v) is 6.52. The lowest BCUT2D eigenvalue weighted by molar-refractivity contribution is -0.208. The molecule has 1 saturated heterocycles. The lowest BCUT2D eigenvalue weighted by Crippen LogP contribution is -2.75. The number of esters is 2. The zero-order valence-electron chi connectivity index (χ0n) is 20.3. The van der Waals surface area contributed by atoms with E-state index in [0.717, 1.165) is 5.56 Å². The SMILES string of the molecule is CN1CCC23c4c5ccc(O)c4OC2C(OC(=O)C[C@H](O)C(=O)O)=CC[C@@]3(OC(=O)C[C@H](O)C(=O)O)[C@H]1C5. The van der Waals surface area contributed by atoms with Crippen LogP contribution in [0.2, 0.25) is 0 Å². The van der Waals surface area contributed by atoms with Crippen molar-refractivity contribution in [2.75, 3.05) is 13.6 Å². The van der Waals surface area contributed by atoms with Crippen LogP contribution in [0, 0.1) is 0 Å². The second-order valence-corrected chi connectivity index (χ2v) is 10.1. The van der Waals surface area contributed by atoms with Gasteiger partial charge in [-0.15, -0.1) is 0 Å². The van der Waals surface area contributed by atoms with Crippen LogP contribution in [0.5, 0.6) is 11.5 Å². The molecular weight excluding hydrogens is 506 g/mol. The maximum absolute atomic E-state index is 13.0. The summed E-state index contributed by atoms with van der Waals surface area (Å²) in [7, 11) is 1.86. The molecule has 2 unspecified atom stereocenters. The number of phenolic OH excluding ortho intramolecular Hbond substituents is 1. The quantitative estimate of drug-likeness (QED) is 0.266. The number of ether oxygens (including phenoxy) is 3. The van der Waals surface area contributed by atoms with Gasteiger partial charge in [0.15, 0.2) is 29.8 Å². The van der Waals surface area contributed by atoms with Gasteiger partial charge in [-0.2, -0.15) is 0 Å². The van der Waals surface area contributed by atoms with Gasteiger partial charge in [0.2, 0.25) is 0 Å². The molecular formula is C25H27NO12. The Morgan fingerprint density at radius 2 is 1.76 bits per heavy atom. The molecule has 2 bridgehead atoms. The number of aliphatic hydroxyl groups excluding tert-OH is 2. The number of aliphatic hydroxyl groups is 2. The Labute approximate surface area is 215 Å². The number of rotatable bonds is 8. The molecule has 1 spiro atoms. The van der Waals surface area contributed by atoms with Crippen molar-refractivity contribution in [3.05, 3.63) is 35.1 Å². The van der Waals surface area contributed by atoms with Gasteiger partial charge in [0.1, 0.15) is 11.4 Å². The molecule has 2 aliphatic carbocycles. The minimum absolute atomic E-state index is 0.0232. The van der Waals surface area contributed by atoms with Crippen molar-refractivity contribution in [2.45, 2.75) is 67.5 Å². The number of hydrogen-bond donors (Lipinski definition) is 5. The number of carbonyl (C=O) groups excluding carboxylic acids is 2. The molecule has 13 heteroatoms. The molecule has 2 heterocycles. The van der Waals surface area contributed by atoms with Gasteiger partial charge in [0.25, 0.3) is 0 Å². The van der Waals surface area contributed by atoms with Gasteiger partial charge in [-0.25, -0.2) is 9.59 Å². The molecule has 0 aromatic heterocycles. The van der Waals surface area contributed by atoms with Crippen molar-refractivity contribution in [1.82, 2.24) is 4.90 Å². The molecule has 0 radical (unpaired) electrons. The Kier molecular flexibility index (Phi) is 6.12. The lowest BCUT2D eigenvalue weighted by atomic mass is 9.50. The fraction of sp³-hybridized carbons (Fsp3) is 0.520. The van der Waals surface area contributed by atoms with Crippen LogP contribution in [-0.4, -0.2) is 97.9 Å². The fourth-order valence-electron chi connectivity index (χ4n) is 6.52. The van der Waals surface area contributed by atoms with Crippen molar-refractivity contribution in [2.24, 2.45) is 0 Å². The number of carbonyl (C=O) groups is 4. The summed E-state index contributed by atoms with van der Waals surface area (Å²) in [5, 5.41) is 48.1. The van der Waals surface area contributed by atoms with Crippen LogP contribution in [0.1, 0.15) is 36.8 Å². The maximum atomic E-state index is 13.0. The van der Waals surface area contributed by atoms with Crippen LogP contribution in [0.3, 0.4) is 0 Å². The number of likely N-dealkylation sites (N-methyl/N-ethyl adjacent to an activating group) is 1. The first-order valence-corrected chi connectivity index (χ1v) is 12.1. The summed E-state index contributed by atoms with van der Waals surface area (Å²) in [6, 6.07) is 2.83. The molecule has 5 N–H and O–H groups in total. The van der Waals surface area contributed by atoms with Crippen LogP contribution in [-0.2, 0) is 40.5 Å². The summed E-state index contributed by atoms with van der Waals surface area (Å²) in [6.07, 6.45) is -4.30. The number of aliphatic carboxylic acids is 2. The third-order valence-corrected chi connectivity index (χ3v) is 8.13. The van der Waals surface area contributed by atoms with Crippen molar-refractivity contribution in [3.63, 3.8) is 0 Å². The summed E-state index contributed by atoms with van der Waals surface area (Å²) in [5.74, 6) is -5.10. The van der Waals surface area contributed by atoms with E-state index in [2.05, 4.69) is 0 Å². The average Bonchev–Trinajstić information content (AvgIpc) is 3.20. The van der Waals surface area contributed by atoms with E-state index >= 15 is 0 Å². The number of benzene rings is 1. The van der Waals surface area contributed by atoms with Crippen LogP contribution in [0.4, 0.5) is 0 Å². The monoisotopic (exact) mass is 533 g/mol. The number of likely N-dealkylation sites (tertiary alicyclic amines) is 1. The maximum Gasteiger partial charge on any atom is 0.333 e. The lowest BCUT2D eigenvalue weighted by Gasteiger charge is -2.62. The molecule has 1 aromatic rings. The van der Waals surface area contributed by atoms with E-state index in [1.165, 1.54) is 12.1 Å². The van der Waals surface area contributed by atoms with Gasteiger partial charge in [-0.05, 0) is 44.1 Å². The number of aromatic hydroxyl groups is 1. The van der Waals surface area contributed by atoms with Crippen molar-refractivity contribution < 1.29 is 58.9 Å². The number of carboxylic acid groups (broad SMARTS) is 2. The number of phenols is 1. The zero-order valence-corrected chi connectivity index (χ0v) is 20.3. The average molecular weight is 533 g/mol. The largest absolute Gasteiger partial charge is 0.504 e. The normalized spacial score (nSPS) is 30.2. The van der Waals surface area contributed by atoms with Gasteiger partial charge in [-0.1, -0.05) is 6.07 Å². The molecule has 204 valence electrons. The summed E-state index contributed by atoms with van der Waals surface area (Å²) in [6.45, 7) is 0.523. The van der Waals surface area contributed by atoms with Crippen LogP contribution in [0.15, 0.2) is 24.0 Å². The third-order valence-electron chi connectivity index (χ3n) is 8.13. The summed E-state index contributed by atoms with van der Waals surface area (Å²) >= 11 is 0. The smallest absolute Gasteiger partial charge is 0.333 e. The van der Waals surface area contributed by atoms with Crippen molar-refractivity contribution in [1.29, 1.82) is 0 Å². The Morgan fingerprint density at radius 3 is 2.42 bits per heavy atom. The van der Waals surface area contributed by atoms with E-state index in [4.69, 9.17) is 24.4 Å². The molecule has 38 heavy (non-hydrogen) atoms. The molecule has 1 fully saturated rings. The van der Waals surface area contributed by atoms with E-state index in [0.29, 0.717) is 24.9 Å². The molecule has 1 aromatic carbocycles.